The standard InChI is InChI=1S/C16H32O/c1-3-5-6-7-8-9-10-11-12-14-16(13-4-2)15-17-16/h3-15H2,1-2H3. The summed E-state index contributed by atoms with van der Waals surface area (Å²) in [5.41, 5.74) is 0.343. The Morgan fingerprint density at radius 2 is 1.24 bits per heavy atom. The molecule has 102 valence electrons. The molecule has 0 aromatic carbocycles. The van der Waals surface area contributed by atoms with Crippen LogP contribution in [0.3, 0.4) is 0 Å². The highest BCUT2D eigenvalue weighted by Gasteiger charge is 2.42. The van der Waals surface area contributed by atoms with Crippen LogP contribution in [0.5, 0.6) is 0 Å². The van der Waals surface area contributed by atoms with Crippen LogP contribution in [0.1, 0.15) is 90.9 Å². The quantitative estimate of drug-likeness (QED) is 0.325. The Labute approximate surface area is 108 Å². The summed E-state index contributed by atoms with van der Waals surface area (Å²) < 4.78 is 5.61. The second kappa shape index (κ2) is 8.97. The van der Waals surface area contributed by atoms with Gasteiger partial charge in [0, 0.05) is 0 Å². The fraction of sp³-hybridized carbons (Fsp3) is 1.00. The first-order valence-corrected chi connectivity index (χ1v) is 7.97. The number of hydrogen-bond acceptors (Lipinski definition) is 1. The normalized spacial score (nSPS) is 22.9. The fourth-order valence-electron chi connectivity index (χ4n) is 2.73. The molecule has 0 saturated carbocycles. The molecule has 1 heteroatoms. The van der Waals surface area contributed by atoms with Crippen LogP contribution in [-0.4, -0.2) is 12.2 Å². The van der Waals surface area contributed by atoms with Crippen molar-refractivity contribution in [2.24, 2.45) is 0 Å². The zero-order valence-corrected chi connectivity index (χ0v) is 12.1. The summed E-state index contributed by atoms with van der Waals surface area (Å²) in [6.07, 6.45) is 16.7. The van der Waals surface area contributed by atoms with E-state index in [-0.39, 0.29) is 0 Å². The van der Waals surface area contributed by atoms with Gasteiger partial charge in [-0.25, -0.2) is 0 Å². The zero-order valence-electron chi connectivity index (χ0n) is 12.1. The van der Waals surface area contributed by atoms with Crippen LogP contribution in [0, 0.1) is 0 Å². The molecule has 0 aromatic rings. The van der Waals surface area contributed by atoms with E-state index in [2.05, 4.69) is 13.8 Å². The van der Waals surface area contributed by atoms with Gasteiger partial charge in [0.1, 0.15) is 0 Å². The van der Waals surface area contributed by atoms with Crippen molar-refractivity contribution in [1.82, 2.24) is 0 Å². The maximum absolute atomic E-state index is 5.61. The summed E-state index contributed by atoms with van der Waals surface area (Å²) >= 11 is 0. The van der Waals surface area contributed by atoms with Crippen LogP contribution in [0.4, 0.5) is 0 Å². The molecule has 0 amide bonds. The molecule has 1 aliphatic heterocycles. The SMILES string of the molecule is CCCCCCCCCCCC1(CCC)CO1. The van der Waals surface area contributed by atoms with Gasteiger partial charge in [-0.3, -0.25) is 0 Å². The monoisotopic (exact) mass is 240 g/mol. The van der Waals surface area contributed by atoms with Gasteiger partial charge in [-0.2, -0.15) is 0 Å². The van der Waals surface area contributed by atoms with Gasteiger partial charge >= 0.3 is 0 Å². The Kier molecular flexibility index (Phi) is 7.92. The Morgan fingerprint density at radius 1 is 0.706 bits per heavy atom. The Hall–Kier alpha value is -0.0400. The lowest BCUT2D eigenvalue weighted by molar-refractivity contribution is 0.265. The molecular weight excluding hydrogens is 208 g/mol. The highest BCUT2D eigenvalue weighted by molar-refractivity contribution is 4.91. The van der Waals surface area contributed by atoms with Crippen LogP contribution in [0.2, 0.25) is 0 Å². The van der Waals surface area contributed by atoms with Gasteiger partial charge in [0.15, 0.2) is 0 Å². The Balaban J connectivity index is 1.79. The van der Waals surface area contributed by atoms with Gasteiger partial charge in [-0.15, -0.1) is 0 Å². The fourth-order valence-corrected chi connectivity index (χ4v) is 2.73. The van der Waals surface area contributed by atoms with Crippen molar-refractivity contribution < 1.29 is 4.74 Å². The predicted octanol–water partition coefficient (Wildman–Crippen LogP) is 5.48. The van der Waals surface area contributed by atoms with E-state index in [0.717, 1.165) is 6.61 Å². The van der Waals surface area contributed by atoms with Crippen LogP contribution in [0.25, 0.3) is 0 Å². The average molecular weight is 240 g/mol. The minimum absolute atomic E-state index is 0.343. The van der Waals surface area contributed by atoms with Crippen LogP contribution in [0.15, 0.2) is 0 Å². The summed E-state index contributed by atoms with van der Waals surface area (Å²) in [6.45, 7) is 5.59. The van der Waals surface area contributed by atoms with Crippen molar-refractivity contribution in [3.8, 4) is 0 Å². The molecule has 1 heterocycles. The largest absolute Gasteiger partial charge is 0.370 e. The molecule has 1 atom stereocenters. The molecule has 17 heavy (non-hydrogen) atoms. The lowest BCUT2D eigenvalue weighted by Crippen LogP contribution is -2.09. The van der Waals surface area contributed by atoms with E-state index >= 15 is 0 Å². The molecular formula is C16H32O. The van der Waals surface area contributed by atoms with E-state index in [9.17, 15) is 0 Å². The second-order valence-corrected chi connectivity index (χ2v) is 5.80. The highest BCUT2D eigenvalue weighted by Crippen LogP contribution is 2.37. The summed E-state index contributed by atoms with van der Waals surface area (Å²) in [5.74, 6) is 0. The number of ether oxygens (including phenoxy) is 1. The Morgan fingerprint density at radius 3 is 1.71 bits per heavy atom. The first-order chi connectivity index (χ1) is 8.33. The molecule has 0 aliphatic carbocycles. The maximum atomic E-state index is 5.61. The third kappa shape index (κ3) is 7.08. The molecule has 0 bridgehead atoms. The van der Waals surface area contributed by atoms with Gasteiger partial charge < -0.3 is 4.74 Å². The van der Waals surface area contributed by atoms with Crippen molar-refractivity contribution in [1.29, 1.82) is 0 Å². The molecule has 0 N–H and O–H groups in total. The number of rotatable bonds is 12. The van der Waals surface area contributed by atoms with Crippen molar-refractivity contribution in [3.63, 3.8) is 0 Å². The van der Waals surface area contributed by atoms with Crippen molar-refractivity contribution in [2.45, 2.75) is 96.5 Å². The molecule has 0 radical (unpaired) electrons. The average Bonchev–Trinajstić information content (AvgIpc) is 3.08. The topological polar surface area (TPSA) is 12.5 Å². The zero-order chi connectivity index (χ0) is 12.4. The second-order valence-electron chi connectivity index (χ2n) is 5.80. The first kappa shape index (κ1) is 15.0. The molecule has 0 spiro atoms. The molecule has 1 aliphatic rings. The van der Waals surface area contributed by atoms with E-state index in [4.69, 9.17) is 4.74 Å². The molecule has 0 aromatic heterocycles. The molecule has 1 unspecified atom stereocenters. The smallest absolute Gasteiger partial charge is 0.0916 e. The summed E-state index contributed by atoms with van der Waals surface area (Å²) in [5, 5.41) is 0. The van der Waals surface area contributed by atoms with Crippen molar-refractivity contribution in [2.75, 3.05) is 6.61 Å². The van der Waals surface area contributed by atoms with E-state index in [1.165, 1.54) is 77.0 Å². The van der Waals surface area contributed by atoms with Crippen LogP contribution in [-0.2, 0) is 4.74 Å². The number of epoxide rings is 1. The number of unbranched alkanes of at least 4 members (excludes halogenated alkanes) is 8. The molecule has 1 saturated heterocycles. The predicted molar refractivity (Wildman–Crippen MR) is 75.4 cm³/mol. The molecule has 1 fully saturated rings. The number of hydrogen-bond donors (Lipinski definition) is 0. The molecule has 1 nitrogen and oxygen atoms in total. The third-order valence-electron chi connectivity index (χ3n) is 3.99. The highest BCUT2D eigenvalue weighted by atomic mass is 16.6. The summed E-state index contributed by atoms with van der Waals surface area (Å²) in [6, 6.07) is 0. The van der Waals surface area contributed by atoms with Gasteiger partial charge in [-0.05, 0) is 12.8 Å². The van der Waals surface area contributed by atoms with Gasteiger partial charge in [0.2, 0.25) is 0 Å². The van der Waals surface area contributed by atoms with Crippen molar-refractivity contribution >= 4 is 0 Å². The summed E-state index contributed by atoms with van der Waals surface area (Å²) in [4.78, 5) is 0. The van der Waals surface area contributed by atoms with Crippen molar-refractivity contribution in [3.05, 3.63) is 0 Å². The molecule has 1 rings (SSSR count). The lowest BCUT2D eigenvalue weighted by Gasteiger charge is -2.09. The van der Waals surface area contributed by atoms with E-state index in [0.29, 0.717) is 5.60 Å². The minimum atomic E-state index is 0.343. The first-order valence-electron chi connectivity index (χ1n) is 7.97. The third-order valence-corrected chi connectivity index (χ3v) is 3.99. The van der Waals surface area contributed by atoms with E-state index < -0.39 is 0 Å². The Bertz CT molecular complexity index is 172. The summed E-state index contributed by atoms with van der Waals surface area (Å²) in [7, 11) is 0. The lowest BCUT2D eigenvalue weighted by atomic mass is 9.96. The minimum Gasteiger partial charge on any atom is -0.370 e. The van der Waals surface area contributed by atoms with E-state index in [1.54, 1.807) is 0 Å². The van der Waals surface area contributed by atoms with Gasteiger partial charge in [0.25, 0.3) is 0 Å². The maximum Gasteiger partial charge on any atom is 0.0916 e. The van der Waals surface area contributed by atoms with Crippen LogP contribution < -0.4 is 0 Å². The van der Waals surface area contributed by atoms with E-state index in [1.807, 2.05) is 0 Å². The van der Waals surface area contributed by atoms with Crippen LogP contribution >= 0.6 is 0 Å². The van der Waals surface area contributed by atoms with Gasteiger partial charge in [-0.1, -0.05) is 78.1 Å². The van der Waals surface area contributed by atoms with Gasteiger partial charge in [0.05, 0.1) is 12.2 Å².